The summed E-state index contributed by atoms with van der Waals surface area (Å²) >= 11 is 1.42. The number of aryl methyl sites for hydroxylation is 1. The standard InChI is InChI=1S/C18H15N3O2S/c1-13-6-2-3-7-15(13)18(22)21-20-12-14-9-10-17(23-14)24-16-8-4-5-11-19-16/h2-12H,1H3,(H,21,22)/b20-12+. The SMILES string of the molecule is Cc1ccccc1C(=O)N/N=C/c1ccc(Sc2ccccn2)o1. The quantitative estimate of drug-likeness (QED) is 0.566. The van der Waals surface area contributed by atoms with Gasteiger partial charge in [-0.25, -0.2) is 10.4 Å². The number of amides is 1. The van der Waals surface area contributed by atoms with E-state index in [1.54, 1.807) is 18.3 Å². The summed E-state index contributed by atoms with van der Waals surface area (Å²) in [6.07, 6.45) is 3.20. The molecule has 0 bridgehead atoms. The molecule has 2 aromatic heterocycles. The number of benzene rings is 1. The molecule has 0 aliphatic rings. The van der Waals surface area contributed by atoms with Crippen molar-refractivity contribution in [2.75, 3.05) is 0 Å². The van der Waals surface area contributed by atoms with E-state index in [0.717, 1.165) is 10.6 Å². The van der Waals surface area contributed by atoms with Crippen LogP contribution < -0.4 is 5.43 Å². The first-order valence-electron chi connectivity index (χ1n) is 7.30. The number of rotatable bonds is 5. The Balaban J connectivity index is 1.59. The highest BCUT2D eigenvalue weighted by Crippen LogP contribution is 2.26. The van der Waals surface area contributed by atoms with Crippen LogP contribution in [0.25, 0.3) is 0 Å². The molecule has 0 spiro atoms. The Hall–Kier alpha value is -2.86. The number of nitrogens with zero attached hydrogens (tertiary/aromatic N) is 2. The zero-order valence-corrected chi connectivity index (χ0v) is 13.8. The fourth-order valence-corrected chi connectivity index (χ4v) is 2.75. The molecule has 2 heterocycles. The molecule has 24 heavy (non-hydrogen) atoms. The minimum absolute atomic E-state index is 0.251. The first kappa shape index (κ1) is 16.0. The summed E-state index contributed by atoms with van der Waals surface area (Å²) in [5.41, 5.74) is 4.00. The molecule has 1 amide bonds. The van der Waals surface area contributed by atoms with Gasteiger partial charge in [-0.05, 0) is 54.6 Å². The minimum Gasteiger partial charge on any atom is -0.448 e. The maximum absolute atomic E-state index is 12.0. The Kier molecular flexibility index (Phi) is 5.08. The van der Waals surface area contributed by atoms with Crippen molar-refractivity contribution in [1.29, 1.82) is 0 Å². The molecular formula is C18H15N3O2S. The number of furan rings is 1. The fourth-order valence-electron chi connectivity index (χ4n) is 2.01. The van der Waals surface area contributed by atoms with Crippen LogP contribution >= 0.6 is 11.8 Å². The van der Waals surface area contributed by atoms with Crippen molar-refractivity contribution in [3.05, 3.63) is 77.7 Å². The lowest BCUT2D eigenvalue weighted by Crippen LogP contribution is -2.18. The van der Waals surface area contributed by atoms with E-state index in [1.165, 1.54) is 18.0 Å². The van der Waals surface area contributed by atoms with Gasteiger partial charge in [0.2, 0.25) is 0 Å². The Labute approximate surface area is 143 Å². The molecule has 0 aliphatic heterocycles. The third-order valence-corrected chi connectivity index (χ3v) is 4.06. The van der Waals surface area contributed by atoms with Crippen molar-refractivity contribution in [3.63, 3.8) is 0 Å². The third kappa shape index (κ3) is 4.11. The molecular weight excluding hydrogens is 322 g/mol. The highest BCUT2D eigenvalue weighted by atomic mass is 32.2. The van der Waals surface area contributed by atoms with Crippen LogP contribution in [0.2, 0.25) is 0 Å². The van der Waals surface area contributed by atoms with E-state index in [4.69, 9.17) is 4.42 Å². The highest BCUT2D eigenvalue weighted by Gasteiger charge is 2.07. The number of hydrazone groups is 1. The van der Waals surface area contributed by atoms with Crippen LogP contribution in [0.3, 0.4) is 0 Å². The fraction of sp³-hybridized carbons (Fsp3) is 0.0556. The number of pyridine rings is 1. The molecule has 5 nitrogen and oxygen atoms in total. The Bertz CT molecular complexity index is 859. The smallest absolute Gasteiger partial charge is 0.271 e. The molecule has 0 saturated heterocycles. The van der Waals surface area contributed by atoms with Crippen LogP contribution in [-0.4, -0.2) is 17.1 Å². The largest absolute Gasteiger partial charge is 0.448 e. The van der Waals surface area contributed by atoms with E-state index in [9.17, 15) is 4.79 Å². The molecule has 6 heteroatoms. The average Bonchev–Trinajstić information content (AvgIpc) is 3.03. The summed E-state index contributed by atoms with van der Waals surface area (Å²) in [5, 5.41) is 5.50. The first-order valence-corrected chi connectivity index (χ1v) is 8.12. The average molecular weight is 337 g/mol. The topological polar surface area (TPSA) is 67.5 Å². The van der Waals surface area contributed by atoms with Crippen molar-refractivity contribution in [1.82, 2.24) is 10.4 Å². The van der Waals surface area contributed by atoms with Crippen LogP contribution in [-0.2, 0) is 0 Å². The minimum atomic E-state index is -0.251. The number of carbonyl (C=O) groups excluding carboxylic acids is 1. The van der Waals surface area contributed by atoms with Gasteiger partial charge in [0.1, 0.15) is 10.8 Å². The van der Waals surface area contributed by atoms with Crippen LogP contribution in [0, 0.1) is 6.92 Å². The van der Waals surface area contributed by atoms with Crippen molar-refractivity contribution in [2.45, 2.75) is 17.0 Å². The van der Waals surface area contributed by atoms with Crippen molar-refractivity contribution < 1.29 is 9.21 Å². The second kappa shape index (κ2) is 7.61. The Morgan fingerprint density at radius 2 is 2.00 bits per heavy atom. The molecule has 1 N–H and O–H groups in total. The molecule has 0 saturated carbocycles. The van der Waals surface area contributed by atoms with Gasteiger partial charge >= 0.3 is 0 Å². The Morgan fingerprint density at radius 3 is 2.79 bits per heavy atom. The van der Waals surface area contributed by atoms with E-state index in [-0.39, 0.29) is 5.91 Å². The maximum Gasteiger partial charge on any atom is 0.271 e. The number of hydrogen-bond acceptors (Lipinski definition) is 5. The van der Waals surface area contributed by atoms with Gasteiger partial charge < -0.3 is 4.42 Å². The van der Waals surface area contributed by atoms with Crippen molar-refractivity contribution >= 4 is 23.9 Å². The number of aromatic nitrogens is 1. The molecule has 120 valence electrons. The van der Waals surface area contributed by atoms with Crippen LogP contribution in [0.1, 0.15) is 21.7 Å². The lowest BCUT2D eigenvalue weighted by Gasteiger charge is -2.02. The first-order chi connectivity index (χ1) is 11.7. The predicted octanol–water partition coefficient (Wildman–Crippen LogP) is 3.90. The number of hydrogen-bond donors (Lipinski definition) is 1. The maximum atomic E-state index is 12.0. The summed E-state index contributed by atoms with van der Waals surface area (Å²) in [6.45, 7) is 1.88. The number of nitrogens with one attached hydrogen (secondary N) is 1. The molecule has 3 aromatic rings. The molecule has 0 unspecified atom stereocenters. The van der Waals surface area contributed by atoms with Crippen molar-refractivity contribution in [3.8, 4) is 0 Å². The lowest BCUT2D eigenvalue weighted by molar-refractivity contribution is 0.0954. The number of carbonyl (C=O) groups is 1. The highest BCUT2D eigenvalue weighted by molar-refractivity contribution is 7.99. The Morgan fingerprint density at radius 1 is 1.17 bits per heavy atom. The van der Waals surface area contributed by atoms with Gasteiger partial charge in [-0.15, -0.1) is 0 Å². The second-order valence-electron chi connectivity index (χ2n) is 4.94. The second-order valence-corrected chi connectivity index (χ2v) is 5.97. The molecule has 3 rings (SSSR count). The van der Waals surface area contributed by atoms with Gasteiger partial charge in [0.25, 0.3) is 5.91 Å². The van der Waals surface area contributed by atoms with Gasteiger partial charge in [-0.3, -0.25) is 4.79 Å². The van der Waals surface area contributed by atoms with Crippen LogP contribution in [0.5, 0.6) is 0 Å². The van der Waals surface area contributed by atoms with Gasteiger partial charge in [-0.2, -0.15) is 5.10 Å². The molecule has 1 aromatic carbocycles. The third-order valence-electron chi connectivity index (χ3n) is 3.19. The van der Waals surface area contributed by atoms with Crippen LogP contribution in [0.4, 0.5) is 0 Å². The zero-order chi connectivity index (χ0) is 16.8. The van der Waals surface area contributed by atoms with E-state index in [0.29, 0.717) is 16.4 Å². The van der Waals surface area contributed by atoms with E-state index in [2.05, 4.69) is 15.5 Å². The van der Waals surface area contributed by atoms with Gasteiger partial charge in [-0.1, -0.05) is 24.3 Å². The van der Waals surface area contributed by atoms with Gasteiger partial charge in [0, 0.05) is 11.8 Å². The van der Waals surface area contributed by atoms with E-state index < -0.39 is 0 Å². The zero-order valence-electron chi connectivity index (χ0n) is 13.0. The monoisotopic (exact) mass is 337 g/mol. The van der Waals surface area contributed by atoms with Crippen LogP contribution in [0.15, 0.2) is 80.4 Å². The summed E-state index contributed by atoms with van der Waals surface area (Å²) in [6, 6.07) is 16.7. The summed E-state index contributed by atoms with van der Waals surface area (Å²) in [4.78, 5) is 16.3. The summed E-state index contributed by atoms with van der Waals surface area (Å²) < 4.78 is 5.62. The molecule has 0 atom stereocenters. The van der Waals surface area contributed by atoms with Crippen molar-refractivity contribution in [2.24, 2.45) is 5.10 Å². The lowest BCUT2D eigenvalue weighted by atomic mass is 10.1. The molecule has 0 radical (unpaired) electrons. The van der Waals surface area contributed by atoms with E-state index >= 15 is 0 Å². The normalized spacial score (nSPS) is 10.9. The molecule has 0 fully saturated rings. The molecule has 0 aliphatic carbocycles. The van der Waals surface area contributed by atoms with Gasteiger partial charge in [0.15, 0.2) is 5.09 Å². The summed E-state index contributed by atoms with van der Waals surface area (Å²) in [5.74, 6) is 0.303. The predicted molar refractivity (Wildman–Crippen MR) is 93.3 cm³/mol. The van der Waals surface area contributed by atoms with Gasteiger partial charge in [0.05, 0.1) is 6.21 Å². The van der Waals surface area contributed by atoms with E-state index in [1.807, 2.05) is 49.4 Å². The summed E-state index contributed by atoms with van der Waals surface area (Å²) in [7, 11) is 0.